The number of benzene rings is 1. The van der Waals surface area contributed by atoms with Crippen molar-refractivity contribution in [3.05, 3.63) is 57.6 Å². The molecule has 0 aliphatic rings. The van der Waals surface area contributed by atoms with E-state index in [-0.39, 0.29) is 0 Å². The van der Waals surface area contributed by atoms with Gasteiger partial charge < -0.3 is 5.32 Å². The molecule has 0 aliphatic heterocycles. The van der Waals surface area contributed by atoms with Crippen LogP contribution in [-0.4, -0.2) is 6.54 Å². The summed E-state index contributed by atoms with van der Waals surface area (Å²) in [7, 11) is 0. The summed E-state index contributed by atoms with van der Waals surface area (Å²) in [6, 6.07) is 11.2. The van der Waals surface area contributed by atoms with E-state index >= 15 is 0 Å². The van der Waals surface area contributed by atoms with Gasteiger partial charge in [-0.05, 0) is 51.3 Å². The fraction of sp³-hybridized carbons (Fsp3) is 0.200. The molecule has 0 saturated carbocycles. The van der Waals surface area contributed by atoms with E-state index in [4.69, 9.17) is 0 Å². The highest BCUT2D eigenvalue weighted by molar-refractivity contribution is 7.17. The number of rotatable bonds is 4. The van der Waals surface area contributed by atoms with Crippen LogP contribution in [0.1, 0.15) is 24.1 Å². The molecule has 0 aliphatic carbocycles. The lowest BCUT2D eigenvalue weighted by atomic mass is 10.0. The molecule has 3 heteroatoms. The quantitative estimate of drug-likeness (QED) is 0.729. The summed E-state index contributed by atoms with van der Waals surface area (Å²) < 4.78 is 1.37. The monoisotopic (exact) mass is 273 g/mol. The molecule has 1 aromatic carbocycles. The SMILES string of the molecule is CCNC(c1ccsc1)c1csc2ccccc12. The van der Waals surface area contributed by atoms with Gasteiger partial charge in [0.15, 0.2) is 0 Å². The molecule has 1 nitrogen and oxygen atoms in total. The Hall–Kier alpha value is -1.16. The maximum absolute atomic E-state index is 3.59. The third-order valence-corrected chi connectivity index (χ3v) is 4.79. The highest BCUT2D eigenvalue weighted by Crippen LogP contribution is 2.34. The Morgan fingerprint density at radius 2 is 2.06 bits per heavy atom. The van der Waals surface area contributed by atoms with Crippen molar-refractivity contribution in [2.75, 3.05) is 6.54 Å². The second kappa shape index (κ2) is 5.22. The standard InChI is InChI=1S/C15H15NS2/c1-2-16-15(11-7-8-17-9-11)13-10-18-14-6-4-3-5-12(13)14/h3-10,15-16H,2H2,1H3. The molecule has 3 rings (SSSR count). The van der Waals surface area contributed by atoms with Gasteiger partial charge in [-0.25, -0.2) is 0 Å². The zero-order valence-corrected chi connectivity index (χ0v) is 11.9. The van der Waals surface area contributed by atoms with E-state index in [2.05, 4.69) is 58.7 Å². The van der Waals surface area contributed by atoms with Crippen molar-refractivity contribution in [1.82, 2.24) is 5.32 Å². The highest BCUT2D eigenvalue weighted by atomic mass is 32.1. The molecule has 0 bridgehead atoms. The maximum Gasteiger partial charge on any atom is 0.0599 e. The Labute approximate surface area is 115 Å². The molecular formula is C15H15NS2. The largest absolute Gasteiger partial charge is 0.306 e. The van der Waals surface area contributed by atoms with Crippen LogP contribution in [0.4, 0.5) is 0 Å². The molecule has 18 heavy (non-hydrogen) atoms. The first-order valence-electron chi connectivity index (χ1n) is 6.11. The molecule has 0 spiro atoms. The summed E-state index contributed by atoms with van der Waals surface area (Å²) in [5.41, 5.74) is 2.77. The topological polar surface area (TPSA) is 12.0 Å². The fourth-order valence-electron chi connectivity index (χ4n) is 2.27. The Morgan fingerprint density at radius 1 is 1.17 bits per heavy atom. The predicted octanol–water partition coefficient (Wildman–Crippen LogP) is 4.66. The maximum atomic E-state index is 3.59. The van der Waals surface area contributed by atoms with Crippen molar-refractivity contribution in [3.63, 3.8) is 0 Å². The second-order valence-corrected chi connectivity index (χ2v) is 5.93. The molecule has 0 fully saturated rings. The molecule has 0 saturated heterocycles. The summed E-state index contributed by atoms with van der Waals surface area (Å²) in [5, 5.41) is 11.6. The summed E-state index contributed by atoms with van der Waals surface area (Å²) >= 11 is 3.59. The van der Waals surface area contributed by atoms with Gasteiger partial charge in [0.1, 0.15) is 0 Å². The number of hydrogen-bond donors (Lipinski definition) is 1. The first-order valence-corrected chi connectivity index (χ1v) is 7.94. The van der Waals surface area contributed by atoms with Gasteiger partial charge in [0, 0.05) is 4.70 Å². The summed E-state index contributed by atoms with van der Waals surface area (Å²) in [6.45, 7) is 3.14. The van der Waals surface area contributed by atoms with Gasteiger partial charge in [-0.1, -0.05) is 25.1 Å². The smallest absolute Gasteiger partial charge is 0.0599 e. The van der Waals surface area contributed by atoms with Crippen LogP contribution in [0.25, 0.3) is 10.1 Å². The van der Waals surface area contributed by atoms with Crippen molar-refractivity contribution in [3.8, 4) is 0 Å². The van der Waals surface area contributed by atoms with Crippen molar-refractivity contribution in [2.45, 2.75) is 13.0 Å². The predicted molar refractivity (Wildman–Crippen MR) is 81.7 cm³/mol. The van der Waals surface area contributed by atoms with E-state index in [0.717, 1.165) is 6.54 Å². The molecule has 92 valence electrons. The van der Waals surface area contributed by atoms with Gasteiger partial charge in [-0.15, -0.1) is 11.3 Å². The normalized spacial score (nSPS) is 12.9. The van der Waals surface area contributed by atoms with Gasteiger partial charge >= 0.3 is 0 Å². The van der Waals surface area contributed by atoms with Crippen LogP contribution in [0, 0.1) is 0 Å². The van der Waals surface area contributed by atoms with Crippen molar-refractivity contribution in [1.29, 1.82) is 0 Å². The van der Waals surface area contributed by atoms with Gasteiger partial charge in [0.25, 0.3) is 0 Å². The van der Waals surface area contributed by atoms with Crippen molar-refractivity contribution < 1.29 is 0 Å². The van der Waals surface area contributed by atoms with Gasteiger partial charge in [0.2, 0.25) is 0 Å². The van der Waals surface area contributed by atoms with E-state index in [1.54, 1.807) is 11.3 Å². The summed E-state index contributed by atoms with van der Waals surface area (Å²) in [6.07, 6.45) is 0. The zero-order chi connectivity index (χ0) is 12.4. The molecular weight excluding hydrogens is 258 g/mol. The first-order chi connectivity index (χ1) is 8.90. The van der Waals surface area contributed by atoms with E-state index in [0.29, 0.717) is 6.04 Å². The minimum atomic E-state index is 0.317. The summed E-state index contributed by atoms with van der Waals surface area (Å²) in [5.74, 6) is 0. The van der Waals surface area contributed by atoms with Crippen LogP contribution >= 0.6 is 22.7 Å². The third-order valence-electron chi connectivity index (χ3n) is 3.11. The number of hydrogen-bond acceptors (Lipinski definition) is 3. The van der Waals surface area contributed by atoms with Crippen LogP contribution in [0.2, 0.25) is 0 Å². The van der Waals surface area contributed by atoms with Crippen molar-refractivity contribution in [2.24, 2.45) is 0 Å². The Balaban J connectivity index is 2.10. The molecule has 1 N–H and O–H groups in total. The van der Waals surface area contributed by atoms with Crippen LogP contribution in [-0.2, 0) is 0 Å². The lowest BCUT2D eigenvalue weighted by Gasteiger charge is -2.16. The zero-order valence-electron chi connectivity index (χ0n) is 10.2. The van der Waals surface area contributed by atoms with Gasteiger partial charge in [0.05, 0.1) is 6.04 Å². The van der Waals surface area contributed by atoms with E-state index in [1.807, 2.05) is 11.3 Å². The number of thiophene rings is 2. The molecule has 3 aromatic rings. The van der Waals surface area contributed by atoms with Gasteiger partial charge in [-0.2, -0.15) is 11.3 Å². The summed E-state index contributed by atoms with van der Waals surface area (Å²) in [4.78, 5) is 0. The average Bonchev–Trinajstić information content (AvgIpc) is 3.06. The number of nitrogens with one attached hydrogen (secondary N) is 1. The molecule has 2 heterocycles. The average molecular weight is 273 g/mol. The van der Waals surface area contributed by atoms with Gasteiger partial charge in [-0.3, -0.25) is 0 Å². The molecule has 0 radical (unpaired) electrons. The number of fused-ring (bicyclic) bond motifs is 1. The minimum Gasteiger partial charge on any atom is -0.306 e. The highest BCUT2D eigenvalue weighted by Gasteiger charge is 2.17. The van der Waals surface area contributed by atoms with E-state index in [9.17, 15) is 0 Å². The molecule has 1 atom stereocenters. The van der Waals surface area contributed by atoms with Crippen LogP contribution in [0.5, 0.6) is 0 Å². The minimum absolute atomic E-state index is 0.317. The Bertz CT molecular complexity index is 625. The lowest BCUT2D eigenvalue weighted by Crippen LogP contribution is -2.21. The first kappa shape index (κ1) is 11.9. The molecule has 1 unspecified atom stereocenters. The van der Waals surface area contributed by atoms with Crippen LogP contribution in [0.3, 0.4) is 0 Å². The lowest BCUT2D eigenvalue weighted by molar-refractivity contribution is 0.637. The second-order valence-electron chi connectivity index (χ2n) is 4.23. The Morgan fingerprint density at radius 3 is 2.83 bits per heavy atom. The van der Waals surface area contributed by atoms with Crippen LogP contribution in [0.15, 0.2) is 46.5 Å². The Kier molecular flexibility index (Phi) is 3.46. The van der Waals surface area contributed by atoms with Crippen molar-refractivity contribution >= 4 is 32.8 Å². The van der Waals surface area contributed by atoms with E-state index < -0.39 is 0 Å². The molecule has 0 amide bonds. The van der Waals surface area contributed by atoms with E-state index in [1.165, 1.54) is 21.2 Å². The van der Waals surface area contributed by atoms with Crippen LogP contribution < -0.4 is 5.32 Å². The fourth-order valence-corrected chi connectivity index (χ4v) is 3.95. The molecule has 2 aromatic heterocycles. The third kappa shape index (κ3) is 2.09.